The number of benzene rings is 2. The van der Waals surface area contributed by atoms with E-state index in [1.54, 1.807) is 6.07 Å². The standard InChI is InChI=1S/C15H14BrFO/c1-2-11-5-3-4-6-15(11)18-10-12-7-8-13(16)9-14(12)17/h3-9H,2,10H2,1H3. The molecule has 0 N–H and O–H groups in total. The second-order valence-electron chi connectivity index (χ2n) is 3.99. The van der Waals surface area contributed by atoms with Gasteiger partial charge in [0.2, 0.25) is 0 Å². The average Bonchev–Trinajstić information content (AvgIpc) is 2.38. The summed E-state index contributed by atoms with van der Waals surface area (Å²) in [6.07, 6.45) is 0.902. The fourth-order valence-electron chi connectivity index (χ4n) is 1.73. The first-order chi connectivity index (χ1) is 8.70. The topological polar surface area (TPSA) is 9.23 Å². The van der Waals surface area contributed by atoms with Crippen LogP contribution in [0.5, 0.6) is 5.75 Å². The third-order valence-electron chi connectivity index (χ3n) is 2.75. The number of para-hydroxylation sites is 1. The summed E-state index contributed by atoms with van der Waals surface area (Å²) in [5.74, 6) is 0.570. The highest BCUT2D eigenvalue weighted by molar-refractivity contribution is 9.10. The van der Waals surface area contributed by atoms with Gasteiger partial charge in [-0.05, 0) is 30.2 Å². The Kier molecular flexibility index (Phi) is 4.37. The van der Waals surface area contributed by atoms with Crippen LogP contribution in [0.4, 0.5) is 4.39 Å². The van der Waals surface area contributed by atoms with Crippen LogP contribution in [-0.2, 0) is 13.0 Å². The molecule has 2 aromatic rings. The van der Waals surface area contributed by atoms with Crippen LogP contribution in [0.25, 0.3) is 0 Å². The van der Waals surface area contributed by atoms with Gasteiger partial charge < -0.3 is 4.74 Å². The number of rotatable bonds is 4. The number of hydrogen-bond donors (Lipinski definition) is 0. The van der Waals surface area contributed by atoms with Crippen LogP contribution < -0.4 is 4.74 Å². The second-order valence-corrected chi connectivity index (χ2v) is 4.90. The van der Waals surface area contributed by atoms with Gasteiger partial charge in [-0.3, -0.25) is 0 Å². The molecule has 3 heteroatoms. The first-order valence-corrected chi connectivity index (χ1v) is 6.64. The Balaban J connectivity index is 2.11. The van der Waals surface area contributed by atoms with Crippen LogP contribution >= 0.6 is 15.9 Å². The van der Waals surface area contributed by atoms with Gasteiger partial charge in [-0.15, -0.1) is 0 Å². The molecule has 0 aliphatic rings. The maximum Gasteiger partial charge on any atom is 0.130 e. The van der Waals surface area contributed by atoms with E-state index in [0.29, 0.717) is 5.56 Å². The Labute approximate surface area is 115 Å². The molecule has 0 heterocycles. The van der Waals surface area contributed by atoms with E-state index in [1.165, 1.54) is 6.07 Å². The second kappa shape index (κ2) is 6.01. The summed E-state index contributed by atoms with van der Waals surface area (Å²) in [5.41, 5.74) is 1.69. The highest BCUT2D eigenvalue weighted by atomic mass is 79.9. The third-order valence-corrected chi connectivity index (χ3v) is 3.25. The summed E-state index contributed by atoms with van der Waals surface area (Å²) in [6.45, 7) is 2.32. The predicted molar refractivity (Wildman–Crippen MR) is 74.3 cm³/mol. The Bertz CT molecular complexity index is 540. The first kappa shape index (κ1) is 13.1. The zero-order valence-electron chi connectivity index (χ0n) is 10.1. The van der Waals surface area contributed by atoms with Crippen LogP contribution in [0.1, 0.15) is 18.1 Å². The molecular formula is C15H14BrFO. The van der Waals surface area contributed by atoms with Crippen molar-refractivity contribution in [2.45, 2.75) is 20.0 Å². The minimum Gasteiger partial charge on any atom is -0.489 e. The molecule has 0 unspecified atom stereocenters. The molecule has 0 spiro atoms. The van der Waals surface area contributed by atoms with Gasteiger partial charge in [0.25, 0.3) is 0 Å². The van der Waals surface area contributed by atoms with Crippen LogP contribution in [0.3, 0.4) is 0 Å². The molecular weight excluding hydrogens is 295 g/mol. The van der Waals surface area contributed by atoms with E-state index in [2.05, 4.69) is 22.9 Å². The first-order valence-electron chi connectivity index (χ1n) is 5.85. The molecule has 2 aromatic carbocycles. The minimum absolute atomic E-state index is 0.246. The lowest BCUT2D eigenvalue weighted by atomic mass is 10.1. The number of halogens is 2. The molecule has 2 rings (SSSR count). The molecule has 0 aromatic heterocycles. The fraction of sp³-hybridized carbons (Fsp3) is 0.200. The largest absolute Gasteiger partial charge is 0.489 e. The van der Waals surface area contributed by atoms with Gasteiger partial charge in [-0.2, -0.15) is 0 Å². The van der Waals surface area contributed by atoms with Crippen molar-refractivity contribution in [3.63, 3.8) is 0 Å². The third kappa shape index (κ3) is 3.10. The van der Waals surface area contributed by atoms with Gasteiger partial charge in [-0.1, -0.05) is 47.1 Å². The molecule has 18 heavy (non-hydrogen) atoms. The van der Waals surface area contributed by atoms with E-state index in [4.69, 9.17) is 4.74 Å². The van der Waals surface area contributed by atoms with E-state index in [9.17, 15) is 4.39 Å². The van der Waals surface area contributed by atoms with Crippen molar-refractivity contribution < 1.29 is 9.13 Å². The van der Waals surface area contributed by atoms with Crippen molar-refractivity contribution in [1.29, 1.82) is 0 Å². The van der Waals surface area contributed by atoms with Crippen LogP contribution in [0, 0.1) is 5.82 Å². The van der Waals surface area contributed by atoms with E-state index in [1.807, 2.05) is 30.3 Å². The van der Waals surface area contributed by atoms with Crippen LogP contribution in [-0.4, -0.2) is 0 Å². The lowest BCUT2D eigenvalue weighted by Gasteiger charge is -2.10. The average molecular weight is 309 g/mol. The Morgan fingerprint density at radius 2 is 1.89 bits per heavy atom. The lowest BCUT2D eigenvalue weighted by molar-refractivity contribution is 0.297. The van der Waals surface area contributed by atoms with Crippen molar-refractivity contribution >= 4 is 15.9 Å². The molecule has 0 aliphatic carbocycles. The van der Waals surface area contributed by atoms with E-state index < -0.39 is 0 Å². The predicted octanol–water partition coefficient (Wildman–Crippen LogP) is 4.73. The van der Waals surface area contributed by atoms with E-state index in [0.717, 1.165) is 22.2 Å². The monoisotopic (exact) mass is 308 g/mol. The van der Waals surface area contributed by atoms with Crippen molar-refractivity contribution in [2.75, 3.05) is 0 Å². The van der Waals surface area contributed by atoms with Crippen LogP contribution in [0.15, 0.2) is 46.9 Å². The molecule has 0 fully saturated rings. The summed E-state index contributed by atoms with van der Waals surface area (Å²) < 4.78 is 20.0. The molecule has 1 nitrogen and oxygen atoms in total. The van der Waals surface area contributed by atoms with Gasteiger partial charge in [0.15, 0.2) is 0 Å². The zero-order chi connectivity index (χ0) is 13.0. The summed E-state index contributed by atoms with van der Waals surface area (Å²) in [4.78, 5) is 0. The molecule has 0 amide bonds. The normalized spacial score (nSPS) is 10.4. The van der Waals surface area contributed by atoms with E-state index in [-0.39, 0.29) is 12.4 Å². The van der Waals surface area contributed by atoms with Crippen molar-refractivity contribution in [1.82, 2.24) is 0 Å². The zero-order valence-corrected chi connectivity index (χ0v) is 11.7. The Morgan fingerprint density at radius 3 is 2.61 bits per heavy atom. The van der Waals surface area contributed by atoms with Gasteiger partial charge in [0.1, 0.15) is 18.2 Å². The lowest BCUT2D eigenvalue weighted by Crippen LogP contribution is -2.00. The molecule has 0 radical (unpaired) electrons. The highest BCUT2D eigenvalue weighted by Gasteiger charge is 2.05. The van der Waals surface area contributed by atoms with Crippen molar-refractivity contribution in [2.24, 2.45) is 0 Å². The maximum absolute atomic E-state index is 13.6. The van der Waals surface area contributed by atoms with E-state index >= 15 is 0 Å². The molecule has 0 atom stereocenters. The van der Waals surface area contributed by atoms with Gasteiger partial charge in [-0.25, -0.2) is 4.39 Å². The summed E-state index contributed by atoms with van der Waals surface area (Å²) >= 11 is 3.23. The molecule has 0 saturated heterocycles. The quantitative estimate of drug-likeness (QED) is 0.793. The summed E-state index contributed by atoms with van der Waals surface area (Å²) in [6, 6.07) is 12.8. The maximum atomic E-state index is 13.6. The molecule has 0 aliphatic heterocycles. The molecule has 94 valence electrons. The Morgan fingerprint density at radius 1 is 1.11 bits per heavy atom. The van der Waals surface area contributed by atoms with Gasteiger partial charge in [0, 0.05) is 10.0 Å². The van der Waals surface area contributed by atoms with Crippen molar-refractivity contribution in [3.8, 4) is 5.75 Å². The van der Waals surface area contributed by atoms with Crippen LogP contribution in [0.2, 0.25) is 0 Å². The number of ether oxygens (including phenoxy) is 1. The fourth-order valence-corrected chi connectivity index (χ4v) is 2.06. The smallest absolute Gasteiger partial charge is 0.130 e. The molecule has 0 bridgehead atoms. The van der Waals surface area contributed by atoms with Gasteiger partial charge in [0.05, 0.1) is 0 Å². The molecule has 0 saturated carbocycles. The number of hydrogen-bond acceptors (Lipinski definition) is 1. The van der Waals surface area contributed by atoms with Crippen molar-refractivity contribution in [3.05, 3.63) is 63.9 Å². The summed E-state index contributed by atoms with van der Waals surface area (Å²) in [5, 5.41) is 0. The van der Waals surface area contributed by atoms with Gasteiger partial charge >= 0.3 is 0 Å². The number of aryl methyl sites for hydroxylation is 1. The SMILES string of the molecule is CCc1ccccc1OCc1ccc(Br)cc1F. The minimum atomic E-state index is -0.252. The Hall–Kier alpha value is -1.35. The highest BCUT2D eigenvalue weighted by Crippen LogP contribution is 2.21. The summed E-state index contributed by atoms with van der Waals surface area (Å²) in [7, 11) is 0.